The van der Waals surface area contributed by atoms with Crippen molar-refractivity contribution >= 4 is 47.5 Å². The van der Waals surface area contributed by atoms with Crippen molar-refractivity contribution in [1.82, 2.24) is 14.5 Å². The Morgan fingerprint density at radius 2 is 2.10 bits per heavy atom. The Morgan fingerprint density at radius 3 is 2.84 bits per heavy atom. The summed E-state index contributed by atoms with van der Waals surface area (Å²) in [5, 5.41) is 13.1. The number of nitrogens with one attached hydrogen (secondary N) is 1. The second kappa shape index (κ2) is 7.19. The normalized spacial score (nSPS) is 17.5. The number of aromatic carboxylic acids is 1. The van der Waals surface area contributed by atoms with E-state index in [0.29, 0.717) is 48.0 Å². The third kappa shape index (κ3) is 3.22. The second-order valence-electron chi connectivity index (χ2n) is 7.90. The fourth-order valence-electron chi connectivity index (χ4n) is 4.43. The van der Waals surface area contributed by atoms with E-state index < -0.39 is 11.4 Å². The molecule has 1 aromatic carbocycles. The zero-order chi connectivity index (χ0) is 21.7. The third-order valence-corrected chi connectivity index (χ3v) is 5.80. The van der Waals surface area contributed by atoms with Crippen LogP contribution in [0.5, 0.6) is 5.75 Å². The summed E-state index contributed by atoms with van der Waals surface area (Å²) in [6.45, 7) is 2.42. The van der Waals surface area contributed by atoms with Crippen LogP contribution in [0.2, 0.25) is 0 Å². The molecule has 0 unspecified atom stereocenters. The average molecular weight is 420 g/mol. The highest BCUT2D eigenvalue weighted by Gasteiger charge is 2.30. The van der Waals surface area contributed by atoms with E-state index >= 15 is 0 Å². The van der Waals surface area contributed by atoms with Gasteiger partial charge >= 0.3 is 5.97 Å². The summed E-state index contributed by atoms with van der Waals surface area (Å²) in [4.78, 5) is 35.0. The molecule has 1 fully saturated rings. The largest absolute Gasteiger partial charge is 0.487 e. The maximum absolute atomic E-state index is 12.8. The summed E-state index contributed by atoms with van der Waals surface area (Å²) in [6, 6.07) is 1.92. The van der Waals surface area contributed by atoms with E-state index in [-0.39, 0.29) is 11.6 Å². The van der Waals surface area contributed by atoms with Crippen LogP contribution >= 0.6 is 0 Å². The Morgan fingerprint density at radius 1 is 1.32 bits per heavy atom. The molecule has 2 aromatic heterocycles. The molecule has 4 N–H and O–H groups in total. The van der Waals surface area contributed by atoms with Gasteiger partial charge < -0.3 is 30.4 Å². The van der Waals surface area contributed by atoms with Crippen LogP contribution in [-0.4, -0.2) is 59.2 Å². The maximum Gasteiger partial charge on any atom is 0.341 e. The van der Waals surface area contributed by atoms with E-state index in [0.717, 1.165) is 24.1 Å². The summed E-state index contributed by atoms with van der Waals surface area (Å²) in [7, 11) is 1.92. The third-order valence-electron chi connectivity index (χ3n) is 5.80. The van der Waals surface area contributed by atoms with E-state index in [1.54, 1.807) is 18.5 Å². The Kier molecular flexibility index (Phi) is 4.46. The van der Waals surface area contributed by atoms with Crippen molar-refractivity contribution in [3.05, 3.63) is 40.4 Å². The molecule has 4 heterocycles. The predicted octanol–water partition coefficient (Wildman–Crippen LogP) is -0.587. The minimum atomic E-state index is -1.22. The molecule has 3 aromatic rings. The molecule has 0 amide bonds. The van der Waals surface area contributed by atoms with Crippen LogP contribution in [0.3, 0.4) is 0 Å². The molecular formula is C20H21BN6O4. The molecule has 0 saturated carbocycles. The van der Waals surface area contributed by atoms with Crippen molar-refractivity contribution in [3.63, 3.8) is 0 Å². The van der Waals surface area contributed by atoms with Crippen molar-refractivity contribution in [1.29, 1.82) is 0 Å². The summed E-state index contributed by atoms with van der Waals surface area (Å²) in [5.41, 5.74) is 7.92. The molecule has 11 heteroatoms. The highest BCUT2D eigenvalue weighted by atomic mass is 16.5. The molecule has 0 aliphatic carbocycles. The lowest BCUT2D eigenvalue weighted by Crippen LogP contribution is -2.33. The molecule has 2 aliphatic heterocycles. The van der Waals surface area contributed by atoms with Crippen molar-refractivity contribution in [2.45, 2.75) is 19.0 Å². The highest BCUT2D eigenvalue weighted by molar-refractivity contribution is 6.38. The van der Waals surface area contributed by atoms with Gasteiger partial charge in [0, 0.05) is 30.7 Å². The number of nitrogens with zero attached hydrogens (tertiary/aromatic N) is 4. The standard InChI is InChI=1S/C20H21BN6O4/c21-14-5-12-15-18(31-4-3-27(15)9-13(17(12)28)19(29)30)16(14)26-2-1-11(8-26)25-20-23-6-10(22)7-24-20/h5-7,9,11H,1-4,8,21-22H2,(H,29,30)(H,23,24,25)/t11-/m1/s1. The van der Waals surface area contributed by atoms with E-state index in [1.165, 1.54) is 6.20 Å². The van der Waals surface area contributed by atoms with E-state index in [2.05, 4.69) is 20.2 Å². The van der Waals surface area contributed by atoms with Crippen LogP contribution in [-0.2, 0) is 6.54 Å². The summed E-state index contributed by atoms with van der Waals surface area (Å²) >= 11 is 0. The minimum Gasteiger partial charge on any atom is -0.487 e. The van der Waals surface area contributed by atoms with Gasteiger partial charge in [0.25, 0.3) is 0 Å². The summed E-state index contributed by atoms with van der Waals surface area (Å²) in [6.07, 6.45) is 5.44. The number of aromatic nitrogens is 3. The van der Waals surface area contributed by atoms with Gasteiger partial charge in [-0.2, -0.15) is 0 Å². The van der Waals surface area contributed by atoms with Crippen LogP contribution in [0.15, 0.2) is 29.5 Å². The minimum absolute atomic E-state index is 0.145. The van der Waals surface area contributed by atoms with Crippen molar-refractivity contribution in [3.8, 4) is 5.75 Å². The second-order valence-corrected chi connectivity index (χ2v) is 7.90. The Bertz CT molecular complexity index is 1260. The molecule has 31 heavy (non-hydrogen) atoms. The smallest absolute Gasteiger partial charge is 0.341 e. The zero-order valence-corrected chi connectivity index (χ0v) is 17.0. The van der Waals surface area contributed by atoms with Gasteiger partial charge in [-0.3, -0.25) is 4.79 Å². The predicted molar refractivity (Wildman–Crippen MR) is 120 cm³/mol. The Balaban J connectivity index is 1.52. The highest BCUT2D eigenvalue weighted by Crippen LogP contribution is 2.37. The molecular weight excluding hydrogens is 399 g/mol. The molecule has 1 atom stereocenters. The van der Waals surface area contributed by atoms with Gasteiger partial charge in [-0.25, -0.2) is 14.8 Å². The number of nitrogens with two attached hydrogens (primary N) is 1. The first-order chi connectivity index (χ1) is 14.9. The molecule has 0 spiro atoms. The first-order valence-corrected chi connectivity index (χ1v) is 10.1. The summed E-state index contributed by atoms with van der Waals surface area (Å²) in [5.74, 6) is -0.0487. The molecule has 0 bridgehead atoms. The number of carboxylic acids is 1. The molecule has 2 aliphatic rings. The van der Waals surface area contributed by atoms with Crippen molar-refractivity contribution in [2.75, 3.05) is 35.6 Å². The number of carboxylic acid groups (broad SMARTS) is 1. The number of hydrogen-bond donors (Lipinski definition) is 3. The molecule has 0 radical (unpaired) electrons. The topological polar surface area (TPSA) is 136 Å². The van der Waals surface area contributed by atoms with Gasteiger partial charge in [-0.15, -0.1) is 0 Å². The molecule has 5 rings (SSSR count). The van der Waals surface area contributed by atoms with Gasteiger partial charge in [0.1, 0.15) is 20.0 Å². The van der Waals surface area contributed by atoms with E-state index in [1.807, 2.05) is 12.4 Å². The lowest BCUT2D eigenvalue weighted by Gasteiger charge is -2.29. The summed E-state index contributed by atoms with van der Waals surface area (Å²) < 4.78 is 7.85. The van der Waals surface area contributed by atoms with Gasteiger partial charge in [0.15, 0.2) is 5.75 Å². The molecule has 158 valence electrons. The molecule has 10 nitrogen and oxygen atoms in total. The lowest BCUT2D eigenvalue weighted by molar-refractivity contribution is 0.0694. The Labute approximate surface area is 178 Å². The number of carbonyl (C=O) groups is 1. The SMILES string of the molecule is Bc1cc2c(=O)c(C(=O)O)cn3c2c(c1N1CC[C@@H](Nc2ncc(N)cn2)C1)OCC3. The zero-order valence-electron chi connectivity index (χ0n) is 17.0. The van der Waals surface area contributed by atoms with Crippen LogP contribution in [0.25, 0.3) is 10.9 Å². The lowest BCUT2D eigenvalue weighted by atomic mass is 9.90. The van der Waals surface area contributed by atoms with Gasteiger partial charge in [-0.05, 0) is 6.42 Å². The Hall–Kier alpha value is -3.76. The van der Waals surface area contributed by atoms with Crippen LogP contribution in [0.1, 0.15) is 16.8 Å². The maximum atomic E-state index is 12.8. The number of hydrogen-bond acceptors (Lipinski definition) is 8. The van der Waals surface area contributed by atoms with Crippen LogP contribution in [0.4, 0.5) is 17.3 Å². The first kappa shape index (κ1) is 19.2. The van der Waals surface area contributed by atoms with Crippen LogP contribution < -0.4 is 31.6 Å². The fourth-order valence-corrected chi connectivity index (χ4v) is 4.43. The number of benzene rings is 1. The van der Waals surface area contributed by atoms with Gasteiger partial charge in [0.05, 0.1) is 35.8 Å². The van der Waals surface area contributed by atoms with Crippen LogP contribution in [0, 0.1) is 0 Å². The van der Waals surface area contributed by atoms with Crippen molar-refractivity contribution < 1.29 is 14.6 Å². The number of ether oxygens (including phenoxy) is 1. The number of pyridine rings is 1. The number of anilines is 3. The first-order valence-electron chi connectivity index (χ1n) is 10.1. The molecule has 1 saturated heterocycles. The quantitative estimate of drug-likeness (QED) is 0.474. The number of rotatable bonds is 4. The fraction of sp³-hybridized carbons (Fsp3) is 0.300. The van der Waals surface area contributed by atoms with Gasteiger partial charge in [-0.1, -0.05) is 11.5 Å². The van der Waals surface area contributed by atoms with Gasteiger partial charge in [0.2, 0.25) is 11.4 Å². The average Bonchev–Trinajstić information content (AvgIpc) is 3.19. The van der Waals surface area contributed by atoms with E-state index in [9.17, 15) is 14.7 Å². The van der Waals surface area contributed by atoms with E-state index in [4.69, 9.17) is 10.5 Å². The number of nitrogen functional groups attached to an aromatic ring is 1. The van der Waals surface area contributed by atoms with Crippen molar-refractivity contribution in [2.24, 2.45) is 0 Å². The monoisotopic (exact) mass is 420 g/mol.